The van der Waals surface area contributed by atoms with Gasteiger partial charge in [0.25, 0.3) is 5.91 Å². The Kier molecular flexibility index (Phi) is 4.56. The molecule has 3 heteroatoms. The van der Waals surface area contributed by atoms with Crippen LogP contribution in [0.2, 0.25) is 0 Å². The van der Waals surface area contributed by atoms with Gasteiger partial charge in [-0.15, -0.1) is 0 Å². The van der Waals surface area contributed by atoms with Crippen LogP contribution in [0.4, 0.5) is 0 Å². The number of nitrogens with zero attached hydrogens (tertiary/aromatic N) is 1. The van der Waals surface area contributed by atoms with Crippen molar-refractivity contribution in [2.45, 2.75) is 13.3 Å². The molecule has 1 N–H and O–H groups in total. The Labute approximate surface area is 113 Å². The molecule has 2 aromatic rings. The molecule has 0 atom stereocenters. The summed E-state index contributed by atoms with van der Waals surface area (Å²) in [4.78, 5) is 11.9. The number of rotatable bonds is 5. The van der Waals surface area contributed by atoms with Crippen LogP contribution < -0.4 is 5.32 Å². The van der Waals surface area contributed by atoms with Crippen molar-refractivity contribution >= 4 is 5.91 Å². The van der Waals surface area contributed by atoms with Crippen LogP contribution in [0.1, 0.15) is 23.7 Å². The summed E-state index contributed by atoms with van der Waals surface area (Å²) >= 11 is 0. The van der Waals surface area contributed by atoms with Crippen molar-refractivity contribution in [3.8, 4) is 5.69 Å². The Morgan fingerprint density at radius 3 is 2.53 bits per heavy atom. The Hall–Kier alpha value is -2.29. The number of amides is 1. The van der Waals surface area contributed by atoms with Gasteiger partial charge in [-0.2, -0.15) is 0 Å². The minimum absolute atomic E-state index is 0.0245. The number of hydrogen-bond donors (Lipinski definition) is 1. The van der Waals surface area contributed by atoms with Crippen molar-refractivity contribution < 1.29 is 4.79 Å². The summed E-state index contributed by atoms with van der Waals surface area (Å²) in [6.45, 7) is 2.64. The number of allylic oxidation sites excluding steroid dienone is 1. The fourth-order valence-electron chi connectivity index (χ4n) is 1.83. The summed E-state index contributed by atoms with van der Waals surface area (Å²) in [6, 6.07) is 11.5. The molecule has 19 heavy (non-hydrogen) atoms. The molecule has 2 rings (SSSR count). The maximum Gasteiger partial charge on any atom is 0.251 e. The van der Waals surface area contributed by atoms with Crippen LogP contribution in [0.15, 0.2) is 60.9 Å². The molecule has 1 heterocycles. The molecule has 0 radical (unpaired) electrons. The van der Waals surface area contributed by atoms with E-state index in [1.165, 1.54) is 0 Å². The lowest BCUT2D eigenvalue weighted by Gasteiger charge is -2.06. The molecule has 0 aliphatic carbocycles. The molecule has 0 aliphatic heterocycles. The first-order valence-corrected chi connectivity index (χ1v) is 6.44. The van der Waals surface area contributed by atoms with E-state index in [1.54, 1.807) is 0 Å². The highest BCUT2D eigenvalue weighted by Crippen LogP contribution is 2.09. The summed E-state index contributed by atoms with van der Waals surface area (Å²) in [6.07, 6.45) is 8.84. The average Bonchev–Trinajstić information content (AvgIpc) is 2.98. The summed E-state index contributed by atoms with van der Waals surface area (Å²) in [5.74, 6) is -0.0245. The number of carbonyl (C=O) groups is 1. The fraction of sp³-hybridized carbons (Fsp3) is 0.188. The molecule has 0 bridgehead atoms. The number of aromatic nitrogens is 1. The Balaban J connectivity index is 1.96. The summed E-state index contributed by atoms with van der Waals surface area (Å²) in [7, 11) is 0. The van der Waals surface area contributed by atoms with Crippen molar-refractivity contribution in [2.75, 3.05) is 6.54 Å². The van der Waals surface area contributed by atoms with Crippen LogP contribution in [0.25, 0.3) is 5.69 Å². The van der Waals surface area contributed by atoms with Crippen molar-refractivity contribution in [2.24, 2.45) is 0 Å². The zero-order valence-corrected chi connectivity index (χ0v) is 11.0. The molecular weight excluding hydrogens is 236 g/mol. The Morgan fingerprint density at radius 1 is 1.21 bits per heavy atom. The summed E-state index contributed by atoms with van der Waals surface area (Å²) in [5.41, 5.74) is 1.74. The van der Waals surface area contributed by atoms with Crippen LogP contribution in [-0.2, 0) is 0 Å². The summed E-state index contributed by atoms with van der Waals surface area (Å²) < 4.78 is 2.01. The molecular formula is C16H18N2O. The fourth-order valence-corrected chi connectivity index (χ4v) is 1.83. The van der Waals surface area contributed by atoms with E-state index in [0.29, 0.717) is 12.1 Å². The van der Waals surface area contributed by atoms with Crippen molar-refractivity contribution in [3.05, 3.63) is 66.5 Å². The van der Waals surface area contributed by atoms with Gasteiger partial charge < -0.3 is 9.88 Å². The highest BCUT2D eigenvalue weighted by molar-refractivity contribution is 5.94. The third-order valence-corrected chi connectivity index (χ3v) is 2.86. The average molecular weight is 254 g/mol. The zero-order chi connectivity index (χ0) is 13.5. The predicted molar refractivity (Wildman–Crippen MR) is 77.5 cm³/mol. The van der Waals surface area contributed by atoms with E-state index in [0.717, 1.165) is 12.1 Å². The maximum absolute atomic E-state index is 11.9. The van der Waals surface area contributed by atoms with E-state index in [4.69, 9.17) is 0 Å². The lowest BCUT2D eigenvalue weighted by molar-refractivity contribution is 0.0954. The van der Waals surface area contributed by atoms with Gasteiger partial charge >= 0.3 is 0 Å². The van der Waals surface area contributed by atoms with E-state index >= 15 is 0 Å². The zero-order valence-electron chi connectivity index (χ0n) is 11.0. The normalized spacial score (nSPS) is 10.8. The van der Waals surface area contributed by atoms with E-state index in [9.17, 15) is 4.79 Å². The largest absolute Gasteiger partial charge is 0.352 e. The molecule has 0 spiro atoms. The third kappa shape index (κ3) is 3.58. The van der Waals surface area contributed by atoms with Crippen LogP contribution in [0, 0.1) is 0 Å². The second-order valence-corrected chi connectivity index (χ2v) is 4.25. The number of carbonyl (C=O) groups excluding carboxylic acids is 1. The highest BCUT2D eigenvalue weighted by Gasteiger charge is 2.04. The molecule has 0 unspecified atom stereocenters. The smallest absolute Gasteiger partial charge is 0.251 e. The first kappa shape index (κ1) is 13.1. The van der Waals surface area contributed by atoms with Gasteiger partial charge in [0.15, 0.2) is 0 Å². The molecule has 1 amide bonds. The topological polar surface area (TPSA) is 34.0 Å². The van der Waals surface area contributed by atoms with Gasteiger partial charge in [0.05, 0.1) is 0 Å². The summed E-state index contributed by atoms with van der Waals surface area (Å²) in [5, 5.41) is 2.89. The quantitative estimate of drug-likeness (QED) is 0.645. The van der Waals surface area contributed by atoms with Gasteiger partial charge in [-0.05, 0) is 49.7 Å². The molecule has 0 saturated carbocycles. The minimum Gasteiger partial charge on any atom is -0.352 e. The molecule has 1 aromatic carbocycles. The second-order valence-electron chi connectivity index (χ2n) is 4.25. The van der Waals surface area contributed by atoms with Gasteiger partial charge in [0, 0.05) is 30.2 Å². The standard InChI is InChI=1S/C16H18N2O/c1-2-3-4-11-17-16(19)14-7-9-15(10-8-14)18-12-5-6-13-18/h2-3,5-10,12-13H,4,11H2,1H3,(H,17,19)/b3-2+. The van der Waals surface area contributed by atoms with Crippen molar-refractivity contribution in [1.82, 2.24) is 9.88 Å². The van der Waals surface area contributed by atoms with E-state index in [1.807, 2.05) is 72.4 Å². The van der Waals surface area contributed by atoms with Gasteiger partial charge in [0.2, 0.25) is 0 Å². The molecule has 0 saturated heterocycles. The first-order chi connectivity index (χ1) is 9.31. The first-order valence-electron chi connectivity index (χ1n) is 6.44. The van der Waals surface area contributed by atoms with E-state index in [-0.39, 0.29) is 5.91 Å². The van der Waals surface area contributed by atoms with Crippen molar-refractivity contribution in [1.29, 1.82) is 0 Å². The number of hydrogen-bond acceptors (Lipinski definition) is 1. The Morgan fingerprint density at radius 2 is 1.89 bits per heavy atom. The van der Waals surface area contributed by atoms with Crippen molar-refractivity contribution in [3.63, 3.8) is 0 Å². The van der Waals surface area contributed by atoms with Crippen LogP contribution in [0.5, 0.6) is 0 Å². The Bertz CT molecular complexity index is 539. The molecule has 0 aliphatic rings. The van der Waals surface area contributed by atoms with Gasteiger partial charge in [0.1, 0.15) is 0 Å². The third-order valence-electron chi connectivity index (χ3n) is 2.86. The molecule has 3 nitrogen and oxygen atoms in total. The number of benzene rings is 1. The second kappa shape index (κ2) is 6.59. The predicted octanol–water partition coefficient (Wildman–Crippen LogP) is 3.17. The van der Waals surface area contributed by atoms with Gasteiger partial charge in [-0.3, -0.25) is 4.79 Å². The lowest BCUT2D eigenvalue weighted by Crippen LogP contribution is -2.24. The monoisotopic (exact) mass is 254 g/mol. The SMILES string of the molecule is C/C=C/CCNC(=O)c1ccc(-n2cccc2)cc1. The lowest BCUT2D eigenvalue weighted by atomic mass is 10.2. The van der Waals surface area contributed by atoms with Crippen LogP contribution >= 0.6 is 0 Å². The highest BCUT2D eigenvalue weighted by atomic mass is 16.1. The maximum atomic E-state index is 11.9. The molecule has 1 aromatic heterocycles. The van der Waals surface area contributed by atoms with Crippen LogP contribution in [0.3, 0.4) is 0 Å². The van der Waals surface area contributed by atoms with Gasteiger partial charge in [-0.25, -0.2) is 0 Å². The van der Waals surface area contributed by atoms with E-state index in [2.05, 4.69) is 5.32 Å². The van der Waals surface area contributed by atoms with Crippen LogP contribution in [-0.4, -0.2) is 17.0 Å². The minimum atomic E-state index is -0.0245. The molecule has 98 valence electrons. The van der Waals surface area contributed by atoms with Gasteiger partial charge in [-0.1, -0.05) is 12.2 Å². The number of nitrogens with one attached hydrogen (secondary N) is 1. The molecule has 0 fully saturated rings. The van der Waals surface area contributed by atoms with E-state index < -0.39 is 0 Å².